The minimum absolute atomic E-state index is 0.0464. The number of nitrogens with one attached hydrogen (secondary N) is 2. The van der Waals surface area contributed by atoms with E-state index in [1.165, 1.54) is 12.8 Å². The van der Waals surface area contributed by atoms with E-state index in [9.17, 15) is 4.79 Å². The van der Waals surface area contributed by atoms with E-state index in [1.54, 1.807) is 7.05 Å². The molecule has 0 saturated carbocycles. The zero-order valence-electron chi connectivity index (χ0n) is 10.9. The van der Waals surface area contributed by atoms with Crippen LogP contribution in [0.1, 0.15) is 43.5 Å². The number of carbonyl (C=O) groups excluding carboxylic acids is 1. The van der Waals surface area contributed by atoms with Crippen molar-refractivity contribution < 1.29 is 4.79 Å². The molecule has 0 bridgehead atoms. The van der Waals surface area contributed by atoms with Gasteiger partial charge in [-0.3, -0.25) is 4.79 Å². The van der Waals surface area contributed by atoms with Crippen LogP contribution < -0.4 is 10.6 Å². The van der Waals surface area contributed by atoms with E-state index < -0.39 is 0 Å². The van der Waals surface area contributed by atoms with E-state index in [4.69, 9.17) is 0 Å². The Balaban J connectivity index is 2.62. The summed E-state index contributed by atoms with van der Waals surface area (Å²) >= 11 is 0. The molecule has 3 nitrogen and oxygen atoms in total. The largest absolute Gasteiger partial charge is 0.383 e. The average molecular weight is 234 g/mol. The molecule has 0 fully saturated rings. The van der Waals surface area contributed by atoms with Gasteiger partial charge in [0.15, 0.2) is 0 Å². The number of rotatable bonds is 6. The highest BCUT2D eigenvalue weighted by Gasteiger charge is 2.05. The maximum absolute atomic E-state index is 11.5. The zero-order chi connectivity index (χ0) is 12.7. The topological polar surface area (TPSA) is 41.1 Å². The lowest BCUT2D eigenvalue weighted by atomic mass is 10.1. The van der Waals surface area contributed by atoms with Crippen molar-refractivity contribution in [3.8, 4) is 0 Å². The number of amides is 1. The summed E-state index contributed by atoms with van der Waals surface area (Å²) in [4.78, 5) is 11.5. The van der Waals surface area contributed by atoms with Gasteiger partial charge in [0.2, 0.25) is 0 Å². The number of hydrogen-bond acceptors (Lipinski definition) is 2. The molecule has 1 rings (SSSR count). The number of carbonyl (C=O) groups is 1. The lowest BCUT2D eigenvalue weighted by molar-refractivity contribution is 0.0963. The molecule has 17 heavy (non-hydrogen) atoms. The van der Waals surface area contributed by atoms with Crippen molar-refractivity contribution in [3.05, 3.63) is 29.8 Å². The molecule has 0 aliphatic rings. The normalized spacial score (nSPS) is 11.9. The Labute approximate surface area is 104 Å². The van der Waals surface area contributed by atoms with E-state index >= 15 is 0 Å². The molecule has 2 N–H and O–H groups in total. The summed E-state index contributed by atoms with van der Waals surface area (Å²) in [6, 6.07) is 8.05. The zero-order valence-corrected chi connectivity index (χ0v) is 10.9. The second kappa shape index (κ2) is 6.94. The van der Waals surface area contributed by atoms with Gasteiger partial charge in [0, 0.05) is 24.3 Å². The molecule has 1 aromatic carbocycles. The van der Waals surface area contributed by atoms with Crippen molar-refractivity contribution in [1.82, 2.24) is 5.32 Å². The van der Waals surface area contributed by atoms with Crippen LogP contribution >= 0.6 is 0 Å². The van der Waals surface area contributed by atoms with Gasteiger partial charge in [-0.05, 0) is 31.5 Å². The van der Waals surface area contributed by atoms with Crippen LogP contribution in [0.25, 0.3) is 0 Å². The summed E-state index contributed by atoms with van der Waals surface area (Å²) in [5.41, 5.74) is 1.70. The van der Waals surface area contributed by atoms with Crippen molar-refractivity contribution in [3.63, 3.8) is 0 Å². The molecule has 1 atom stereocenters. The quantitative estimate of drug-likeness (QED) is 0.794. The highest BCUT2D eigenvalue weighted by atomic mass is 16.1. The molecule has 0 radical (unpaired) electrons. The third-order valence-electron chi connectivity index (χ3n) is 2.76. The lowest BCUT2D eigenvalue weighted by Crippen LogP contribution is -2.19. The summed E-state index contributed by atoms with van der Waals surface area (Å²) in [7, 11) is 1.65. The van der Waals surface area contributed by atoms with Crippen LogP contribution in [-0.4, -0.2) is 19.0 Å². The van der Waals surface area contributed by atoms with Gasteiger partial charge >= 0.3 is 0 Å². The van der Waals surface area contributed by atoms with E-state index in [-0.39, 0.29) is 5.91 Å². The lowest BCUT2D eigenvalue weighted by Gasteiger charge is -2.15. The Kier molecular flexibility index (Phi) is 5.53. The third-order valence-corrected chi connectivity index (χ3v) is 2.76. The highest BCUT2D eigenvalue weighted by molar-refractivity contribution is 5.94. The van der Waals surface area contributed by atoms with E-state index in [0.717, 1.165) is 12.1 Å². The number of hydrogen-bond donors (Lipinski definition) is 2. The number of benzene rings is 1. The molecule has 0 aromatic heterocycles. The SMILES string of the molecule is CCCCC(C)Nc1cccc(C(=O)NC)c1. The molecule has 1 aromatic rings. The fourth-order valence-corrected chi connectivity index (χ4v) is 1.76. The molecular weight excluding hydrogens is 212 g/mol. The molecular formula is C14H22N2O. The fourth-order valence-electron chi connectivity index (χ4n) is 1.76. The Morgan fingerprint density at radius 1 is 1.41 bits per heavy atom. The molecule has 0 aliphatic heterocycles. The maximum Gasteiger partial charge on any atom is 0.251 e. The first-order valence-corrected chi connectivity index (χ1v) is 6.26. The number of anilines is 1. The Bertz CT molecular complexity index is 363. The molecule has 3 heteroatoms. The first-order chi connectivity index (χ1) is 8.17. The molecule has 0 spiro atoms. The van der Waals surface area contributed by atoms with Gasteiger partial charge in [-0.2, -0.15) is 0 Å². The summed E-state index contributed by atoms with van der Waals surface area (Å²) in [5.74, 6) is -0.0464. The van der Waals surface area contributed by atoms with Crippen molar-refractivity contribution in [2.75, 3.05) is 12.4 Å². The molecule has 94 valence electrons. The summed E-state index contributed by atoms with van der Waals surface area (Å²) in [6.07, 6.45) is 3.59. The van der Waals surface area contributed by atoms with Crippen LogP contribution in [-0.2, 0) is 0 Å². The van der Waals surface area contributed by atoms with Crippen molar-refractivity contribution >= 4 is 11.6 Å². The monoisotopic (exact) mass is 234 g/mol. The Morgan fingerprint density at radius 2 is 2.18 bits per heavy atom. The van der Waals surface area contributed by atoms with Gasteiger partial charge in [0.25, 0.3) is 5.91 Å². The number of unbranched alkanes of at least 4 members (excludes halogenated alkanes) is 1. The minimum Gasteiger partial charge on any atom is -0.383 e. The van der Waals surface area contributed by atoms with Crippen LogP contribution in [0, 0.1) is 0 Å². The molecule has 1 amide bonds. The van der Waals surface area contributed by atoms with E-state index in [0.29, 0.717) is 11.6 Å². The minimum atomic E-state index is -0.0464. The van der Waals surface area contributed by atoms with Crippen LogP contribution in [0.2, 0.25) is 0 Å². The van der Waals surface area contributed by atoms with Crippen LogP contribution in [0.4, 0.5) is 5.69 Å². The predicted molar refractivity (Wildman–Crippen MR) is 72.4 cm³/mol. The van der Waals surface area contributed by atoms with Crippen LogP contribution in [0.15, 0.2) is 24.3 Å². The van der Waals surface area contributed by atoms with Gasteiger partial charge in [-0.25, -0.2) is 0 Å². The van der Waals surface area contributed by atoms with Crippen molar-refractivity contribution in [2.24, 2.45) is 0 Å². The van der Waals surface area contributed by atoms with E-state index in [1.807, 2.05) is 24.3 Å². The smallest absolute Gasteiger partial charge is 0.251 e. The second-order valence-electron chi connectivity index (χ2n) is 4.35. The first kappa shape index (κ1) is 13.6. The van der Waals surface area contributed by atoms with Gasteiger partial charge in [0.1, 0.15) is 0 Å². The molecule has 0 aliphatic carbocycles. The maximum atomic E-state index is 11.5. The van der Waals surface area contributed by atoms with Crippen LogP contribution in [0.3, 0.4) is 0 Å². The third kappa shape index (κ3) is 4.47. The van der Waals surface area contributed by atoms with Crippen LogP contribution in [0.5, 0.6) is 0 Å². The Morgan fingerprint density at radius 3 is 2.82 bits per heavy atom. The summed E-state index contributed by atoms with van der Waals surface area (Å²) in [5, 5.41) is 6.05. The van der Waals surface area contributed by atoms with Gasteiger partial charge < -0.3 is 10.6 Å². The standard InChI is InChI=1S/C14H22N2O/c1-4-5-7-11(2)16-13-9-6-8-12(10-13)14(17)15-3/h6,8-11,16H,4-5,7H2,1-3H3,(H,15,17). The van der Waals surface area contributed by atoms with Crippen molar-refractivity contribution in [2.45, 2.75) is 39.2 Å². The molecule has 0 saturated heterocycles. The van der Waals surface area contributed by atoms with Gasteiger partial charge in [-0.15, -0.1) is 0 Å². The van der Waals surface area contributed by atoms with E-state index in [2.05, 4.69) is 24.5 Å². The highest BCUT2D eigenvalue weighted by Crippen LogP contribution is 2.13. The van der Waals surface area contributed by atoms with Gasteiger partial charge in [-0.1, -0.05) is 25.8 Å². The fraction of sp³-hybridized carbons (Fsp3) is 0.500. The predicted octanol–water partition coefficient (Wildman–Crippen LogP) is 3.04. The first-order valence-electron chi connectivity index (χ1n) is 6.26. The van der Waals surface area contributed by atoms with Crippen molar-refractivity contribution in [1.29, 1.82) is 0 Å². The average Bonchev–Trinajstić information content (AvgIpc) is 2.35. The Hall–Kier alpha value is -1.51. The summed E-state index contributed by atoms with van der Waals surface area (Å²) in [6.45, 7) is 4.36. The summed E-state index contributed by atoms with van der Waals surface area (Å²) < 4.78 is 0. The second-order valence-corrected chi connectivity index (χ2v) is 4.35. The van der Waals surface area contributed by atoms with Gasteiger partial charge in [0.05, 0.1) is 0 Å². The molecule has 0 heterocycles. The molecule has 1 unspecified atom stereocenters.